The zero-order chi connectivity index (χ0) is 15.6. The van der Waals surface area contributed by atoms with Crippen LogP contribution in [0.1, 0.15) is 47.7 Å². The van der Waals surface area contributed by atoms with Crippen LogP contribution < -0.4 is 4.72 Å². The van der Waals surface area contributed by atoms with Crippen molar-refractivity contribution >= 4 is 21.4 Å². The number of likely N-dealkylation sites (tertiary alicyclic amines) is 1. The lowest BCUT2D eigenvalue weighted by atomic mass is 9.99. The van der Waals surface area contributed by atoms with Gasteiger partial charge in [-0.3, -0.25) is 4.90 Å². The third-order valence-corrected chi connectivity index (χ3v) is 6.44. The summed E-state index contributed by atoms with van der Waals surface area (Å²) < 4.78 is 25.0. The predicted molar refractivity (Wildman–Crippen MR) is 89.7 cm³/mol. The number of thiazole rings is 1. The quantitative estimate of drug-likeness (QED) is 0.857. The van der Waals surface area contributed by atoms with E-state index in [2.05, 4.69) is 9.62 Å². The van der Waals surface area contributed by atoms with E-state index in [0.717, 1.165) is 32.4 Å². The fourth-order valence-electron chi connectivity index (χ4n) is 3.49. The molecule has 1 saturated heterocycles. The fourth-order valence-corrected chi connectivity index (χ4v) is 5.16. The van der Waals surface area contributed by atoms with Crippen LogP contribution in [0.15, 0.2) is 0 Å². The Kier molecular flexibility index (Phi) is 5.17. The molecule has 1 aliphatic carbocycles. The maximum atomic E-state index is 11.2. The predicted octanol–water partition coefficient (Wildman–Crippen LogP) is 1.93. The molecule has 0 saturated carbocycles. The number of nitrogens with zero attached hydrogens (tertiary/aromatic N) is 2. The van der Waals surface area contributed by atoms with E-state index in [0.29, 0.717) is 12.6 Å². The number of rotatable bonds is 6. The summed E-state index contributed by atoms with van der Waals surface area (Å²) in [5.41, 5.74) is 1.33. The second-order valence-electron chi connectivity index (χ2n) is 6.41. The molecule has 22 heavy (non-hydrogen) atoms. The molecule has 1 fully saturated rings. The lowest BCUT2D eigenvalue weighted by Crippen LogP contribution is -2.41. The van der Waals surface area contributed by atoms with Gasteiger partial charge in [-0.05, 0) is 45.1 Å². The Morgan fingerprint density at radius 1 is 1.32 bits per heavy atom. The van der Waals surface area contributed by atoms with E-state index >= 15 is 0 Å². The third-order valence-electron chi connectivity index (χ3n) is 4.57. The van der Waals surface area contributed by atoms with E-state index in [9.17, 15) is 8.42 Å². The minimum Gasteiger partial charge on any atom is -0.294 e. The standard InChI is InChI=1S/C15H25N3O2S2/c1-22(19,20)16-9-8-12-5-2-3-10-18(12)11-15-17-13-6-4-7-14(13)21-15/h12,16H,2-11H2,1H3. The third kappa shape index (κ3) is 4.28. The Morgan fingerprint density at radius 2 is 2.18 bits per heavy atom. The van der Waals surface area contributed by atoms with Gasteiger partial charge in [-0.25, -0.2) is 18.1 Å². The molecular formula is C15H25N3O2S2. The van der Waals surface area contributed by atoms with Crippen LogP contribution in [-0.4, -0.2) is 43.7 Å². The van der Waals surface area contributed by atoms with Crippen LogP contribution in [0, 0.1) is 0 Å². The summed E-state index contributed by atoms with van der Waals surface area (Å²) in [6.45, 7) is 2.57. The summed E-state index contributed by atoms with van der Waals surface area (Å²) in [5, 5.41) is 1.24. The number of hydrogen-bond donors (Lipinski definition) is 1. The van der Waals surface area contributed by atoms with Crippen LogP contribution in [0.3, 0.4) is 0 Å². The molecule has 124 valence electrons. The molecule has 0 aromatic carbocycles. The van der Waals surface area contributed by atoms with Crippen LogP contribution in [-0.2, 0) is 29.4 Å². The topological polar surface area (TPSA) is 62.3 Å². The summed E-state index contributed by atoms with van der Waals surface area (Å²) in [4.78, 5) is 8.79. The van der Waals surface area contributed by atoms with Crippen molar-refractivity contribution < 1.29 is 8.42 Å². The van der Waals surface area contributed by atoms with Crippen molar-refractivity contribution in [2.45, 2.75) is 57.5 Å². The number of piperidine rings is 1. The number of aryl methyl sites for hydroxylation is 2. The van der Waals surface area contributed by atoms with Crippen LogP contribution in [0.25, 0.3) is 0 Å². The molecule has 7 heteroatoms. The molecule has 1 aliphatic heterocycles. The van der Waals surface area contributed by atoms with Crippen LogP contribution in [0.4, 0.5) is 0 Å². The van der Waals surface area contributed by atoms with Gasteiger partial charge in [-0.2, -0.15) is 0 Å². The highest BCUT2D eigenvalue weighted by Gasteiger charge is 2.25. The summed E-state index contributed by atoms with van der Waals surface area (Å²) in [6, 6.07) is 0.474. The molecule has 1 aromatic rings. The van der Waals surface area contributed by atoms with E-state index in [1.165, 1.54) is 47.5 Å². The molecule has 1 unspecified atom stereocenters. The molecule has 5 nitrogen and oxygen atoms in total. The molecule has 3 rings (SSSR count). The molecule has 0 bridgehead atoms. The molecular weight excluding hydrogens is 318 g/mol. The maximum absolute atomic E-state index is 11.2. The zero-order valence-corrected chi connectivity index (χ0v) is 14.8. The Balaban J connectivity index is 1.57. The normalized spacial score (nSPS) is 22.9. The van der Waals surface area contributed by atoms with Gasteiger partial charge in [-0.15, -0.1) is 11.3 Å². The molecule has 0 amide bonds. The summed E-state index contributed by atoms with van der Waals surface area (Å²) in [5.74, 6) is 0. The molecule has 0 spiro atoms. The highest BCUT2D eigenvalue weighted by atomic mass is 32.2. The Labute approximate surface area is 137 Å². The smallest absolute Gasteiger partial charge is 0.208 e. The van der Waals surface area contributed by atoms with Gasteiger partial charge >= 0.3 is 0 Å². The van der Waals surface area contributed by atoms with Crippen LogP contribution in [0.2, 0.25) is 0 Å². The van der Waals surface area contributed by atoms with Gasteiger partial charge in [0.1, 0.15) is 5.01 Å². The van der Waals surface area contributed by atoms with Gasteiger partial charge in [0.15, 0.2) is 0 Å². The van der Waals surface area contributed by atoms with E-state index in [1.807, 2.05) is 11.3 Å². The number of aromatic nitrogens is 1. The summed E-state index contributed by atoms with van der Waals surface area (Å²) >= 11 is 1.88. The Hall–Kier alpha value is -0.500. The SMILES string of the molecule is CS(=O)(=O)NCCC1CCCCN1Cc1nc2c(s1)CCC2. The first kappa shape index (κ1) is 16.4. The molecule has 2 aliphatic rings. The molecule has 2 heterocycles. The summed E-state index contributed by atoms with van der Waals surface area (Å²) in [7, 11) is -3.08. The highest BCUT2D eigenvalue weighted by Crippen LogP contribution is 2.30. The largest absolute Gasteiger partial charge is 0.294 e. The first-order valence-electron chi connectivity index (χ1n) is 8.17. The first-order valence-corrected chi connectivity index (χ1v) is 10.9. The lowest BCUT2D eigenvalue weighted by molar-refractivity contribution is 0.133. The fraction of sp³-hybridized carbons (Fsp3) is 0.800. The minimum absolute atomic E-state index is 0.474. The molecule has 1 N–H and O–H groups in total. The average molecular weight is 344 g/mol. The van der Waals surface area contributed by atoms with Crippen molar-refractivity contribution in [2.24, 2.45) is 0 Å². The van der Waals surface area contributed by atoms with E-state index in [-0.39, 0.29) is 0 Å². The van der Waals surface area contributed by atoms with Crippen LogP contribution >= 0.6 is 11.3 Å². The van der Waals surface area contributed by atoms with E-state index < -0.39 is 10.0 Å². The van der Waals surface area contributed by atoms with Crippen molar-refractivity contribution in [1.82, 2.24) is 14.6 Å². The van der Waals surface area contributed by atoms with Crippen molar-refractivity contribution in [1.29, 1.82) is 0 Å². The van der Waals surface area contributed by atoms with Crippen molar-refractivity contribution in [3.05, 3.63) is 15.6 Å². The Bertz CT molecular complexity index is 591. The number of nitrogens with one attached hydrogen (secondary N) is 1. The average Bonchev–Trinajstić information content (AvgIpc) is 3.00. The molecule has 0 radical (unpaired) electrons. The number of hydrogen-bond acceptors (Lipinski definition) is 5. The van der Waals surface area contributed by atoms with Crippen molar-refractivity contribution in [2.75, 3.05) is 19.3 Å². The monoisotopic (exact) mass is 343 g/mol. The van der Waals surface area contributed by atoms with Crippen LogP contribution in [0.5, 0.6) is 0 Å². The van der Waals surface area contributed by atoms with E-state index in [1.54, 1.807) is 0 Å². The highest BCUT2D eigenvalue weighted by molar-refractivity contribution is 7.88. The Morgan fingerprint density at radius 3 is 2.95 bits per heavy atom. The maximum Gasteiger partial charge on any atom is 0.208 e. The second kappa shape index (κ2) is 6.95. The number of fused-ring (bicyclic) bond motifs is 1. The van der Waals surface area contributed by atoms with Crippen molar-refractivity contribution in [3.63, 3.8) is 0 Å². The van der Waals surface area contributed by atoms with Gasteiger partial charge in [0.2, 0.25) is 10.0 Å². The first-order chi connectivity index (χ1) is 10.5. The lowest BCUT2D eigenvalue weighted by Gasteiger charge is -2.35. The summed E-state index contributed by atoms with van der Waals surface area (Å²) in [6.07, 6.45) is 9.37. The van der Waals surface area contributed by atoms with Gasteiger partial charge in [0.25, 0.3) is 0 Å². The van der Waals surface area contributed by atoms with E-state index in [4.69, 9.17) is 4.98 Å². The number of sulfonamides is 1. The van der Waals surface area contributed by atoms with Gasteiger partial charge in [-0.1, -0.05) is 6.42 Å². The zero-order valence-electron chi connectivity index (χ0n) is 13.2. The van der Waals surface area contributed by atoms with Gasteiger partial charge < -0.3 is 0 Å². The minimum atomic E-state index is -3.08. The van der Waals surface area contributed by atoms with Gasteiger partial charge in [0.05, 0.1) is 18.5 Å². The van der Waals surface area contributed by atoms with Crippen molar-refractivity contribution in [3.8, 4) is 0 Å². The van der Waals surface area contributed by atoms with Gasteiger partial charge in [0, 0.05) is 17.5 Å². The molecule has 1 atom stereocenters. The molecule has 1 aromatic heterocycles. The second-order valence-corrected chi connectivity index (χ2v) is 9.41.